The van der Waals surface area contributed by atoms with Gasteiger partial charge in [-0.2, -0.15) is 5.26 Å². The summed E-state index contributed by atoms with van der Waals surface area (Å²) in [4.78, 5) is 12.0. The van der Waals surface area contributed by atoms with E-state index in [0.29, 0.717) is 12.8 Å². The van der Waals surface area contributed by atoms with E-state index in [1.54, 1.807) is 0 Å². The number of nitrogens with zero attached hydrogens (tertiary/aromatic N) is 1. The Morgan fingerprint density at radius 1 is 1.47 bits per heavy atom. The van der Waals surface area contributed by atoms with Crippen molar-refractivity contribution in [1.29, 1.82) is 5.26 Å². The Kier molecular flexibility index (Phi) is 3.39. The Labute approximate surface area is 105 Å². The highest BCUT2D eigenvalue weighted by atomic mass is 35.5. The van der Waals surface area contributed by atoms with Crippen LogP contribution < -0.4 is 5.32 Å². The molecule has 0 atom stereocenters. The van der Waals surface area contributed by atoms with E-state index in [4.69, 9.17) is 16.0 Å². The zero-order valence-electron chi connectivity index (χ0n) is 9.33. The van der Waals surface area contributed by atoms with E-state index in [0.717, 1.165) is 19.3 Å². The van der Waals surface area contributed by atoms with Crippen molar-refractivity contribution >= 4 is 17.5 Å². The van der Waals surface area contributed by atoms with Gasteiger partial charge < -0.3 is 9.73 Å². The molecule has 1 aliphatic carbocycles. The van der Waals surface area contributed by atoms with Crippen LogP contribution in [-0.2, 0) is 0 Å². The molecule has 5 heteroatoms. The molecule has 2 rings (SSSR count). The van der Waals surface area contributed by atoms with Gasteiger partial charge in [0.15, 0.2) is 0 Å². The molecule has 1 aromatic heterocycles. The largest absolute Gasteiger partial charge is 0.452 e. The Bertz CT molecular complexity index is 455. The summed E-state index contributed by atoms with van der Waals surface area (Å²) in [6.45, 7) is 0. The molecule has 90 valence electrons. The minimum atomic E-state index is -0.740. The number of hydrogen-bond acceptors (Lipinski definition) is 3. The Morgan fingerprint density at radius 3 is 2.71 bits per heavy atom. The van der Waals surface area contributed by atoms with Crippen molar-refractivity contribution in [2.75, 3.05) is 0 Å². The molecule has 0 aliphatic heterocycles. The first kappa shape index (κ1) is 12.0. The lowest BCUT2D eigenvalue weighted by molar-refractivity contribution is 0.0902. The molecule has 1 fully saturated rings. The van der Waals surface area contributed by atoms with Gasteiger partial charge in [0.1, 0.15) is 5.54 Å². The molecule has 0 saturated heterocycles. The summed E-state index contributed by atoms with van der Waals surface area (Å²) in [7, 11) is 0. The minimum absolute atomic E-state index is 0.0615. The van der Waals surface area contributed by atoms with Crippen molar-refractivity contribution in [3.63, 3.8) is 0 Å². The molecule has 1 amide bonds. The van der Waals surface area contributed by atoms with E-state index < -0.39 is 5.54 Å². The smallest absolute Gasteiger partial charge is 0.257 e. The van der Waals surface area contributed by atoms with Crippen molar-refractivity contribution in [1.82, 2.24) is 5.32 Å². The first-order valence-electron chi connectivity index (χ1n) is 5.64. The molecule has 1 saturated carbocycles. The summed E-state index contributed by atoms with van der Waals surface area (Å²) < 4.78 is 4.86. The fourth-order valence-electron chi connectivity index (χ4n) is 2.16. The molecule has 0 bridgehead atoms. The summed E-state index contributed by atoms with van der Waals surface area (Å²) >= 11 is 5.73. The van der Waals surface area contributed by atoms with Gasteiger partial charge >= 0.3 is 0 Å². The Morgan fingerprint density at radius 2 is 2.18 bits per heavy atom. The van der Waals surface area contributed by atoms with Gasteiger partial charge in [0, 0.05) is 0 Å². The van der Waals surface area contributed by atoms with Crippen molar-refractivity contribution in [3.8, 4) is 6.07 Å². The number of rotatable bonds is 2. The second kappa shape index (κ2) is 4.80. The Balaban J connectivity index is 2.12. The van der Waals surface area contributed by atoms with Crippen LogP contribution in [0.25, 0.3) is 0 Å². The highest BCUT2D eigenvalue weighted by Gasteiger charge is 2.34. The number of nitriles is 1. The minimum Gasteiger partial charge on any atom is -0.452 e. The van der Waals surface area contributed by atoms with Gasteiger partial charge in [0.25, 0.3) is 5.91 Å². The van der Waals surface area contributed by atoms with Crippen LogP contribution >= 0.6 is 11.6 Å². The molecule has 1 aromatic rings. The van der Waals surface area contributed by atoms with E-state index in [1.807, 2.05) is 0 Å². The molecule has 4 nitrogen and oxygen atoms in total. The third kappa shape index (κ3) is 2.45. The lowest BCUT2D eigenvalue weighted by Crippen LogP contribution is -2.48. The lowest BCUT2D eigenvalue weighted by atomic mass is 9.82. The van der Waals surface area contributed by atoms with Gasteiger partial charge in [-0.05, 0) is 30.5 Å². The van der Waals surface area contributed by atoms with Crippen LogP contribution in [0.5, 0.6) is 0 Å². The molecule has 0 aromatic carbocycles. The molecule has 17 heavy (non-hydrogen) atoms. The zero-order chi connectivity index (χ0) is 12.3. The Hall–Kier alpha value is -1.47. The van der Waals surface area contributed by atoms with Crippen molar-refractivity contribution in [2.24, 2.45) is 0 Å². The predicted molar refractivity (Wildman–Crippen MR) is 62.6 cm³/mol. The molecular formula is C12H13ClN2O2. The van der Waals surface area contributed by atoms with Crippen LogP contribution in [0.1, 0.15) is 42.5 Å². The number of amides is 1. The van der Waals surface area contributed by atoms with Crippen molar-refractivity contribution in [3.05, 3.63) is 23.1 Å². The SMILES string of the molecule is N#CC1(NC(=O)c2ccoc2Cl)CCCCC1. The summed E-state index contributed by atoms with van der Waals surface area (Å²) in [6.07, 6.45) is 5.80. The standard InChI is InChI=1S/C12H13ClN2O2/c13-10-9(4-7-17-10)11(16)15-12(8-14)5-2-1-3-6-12/h4,7H,1-3,5-6H2,(H,15,16). The van der Waals surface area contributed by atoms with Crippen LogP contribution in [0.4, 0.5) is 0 Å². The highest BCUT2D eigenvalue weighted by Crippen LogP contribution is 2.28. The van der Waals surface area contributed by atoms with Crippen LogP contribution in [0.2, 0.25) is 5.22 Å². The van der Waals surface area contributed by atoms with Crippen molar-refractivity contribution < 1.29 is 9.21 Å². The molecular weight excluding hydrogens is 240 g/mol. The van der Waals surface area contributed by atoms with Gasteiger partial charge in [-0.25, -0.2) is 0 Å². The summed E-state index contributed by atoms with van der Waals surface area (Å²) in [6, 6.07) is 3.73. The monoisotopic (exact) mass is 252 g/mol. The molecule has 1 N–H and O–H groups in total. The van der Waals surface area contributed by atoms with Gasteiger partial charge in [-0.3, -0.25) is 4.79 Å². The van der Waals surface area contributed by atoms with E-state index >= 15 is 0 Å². The highest BCUT2D eigenvalue weighted by molar-refractivity contribution is 6.32. The summed E-state index contributed by atoms with van der Waals surface area (Å²) in [5.74, 6) is -0.341. The molecule has 0 unspecified atom stereocenters. The number of halogens is 1. The molecule has 1 heterocycles. The fraction of sp³-hybridized carbons (Fsp3) is 0.500. The van der Waals surface area contributed by atoms with E-state index in [9.17, 15) is 10.1 Å². The second-order valence-corrected chi connectivity index (χ2v) is 4.66. The van der Waals surface area contributed by atoms with Gasteiger partial charge in [0.2, 0.25) is 5.22 Å². The number of nitrogens with one attached hydrogen (secondary N) is 1. The molecule has 1 aliphatic rings. The summed E-state index contributed by atoms with van der Waals surface area (Å²) in [5.41, 5.74) is -0.456. The maximum absolute atomic E-state index is 12.0. The normalized spacial score (nSPS) is 18.4. The quantitative estimate of drug-likeness (QED) is 0.880. The number of hydrogen-bond donors (Lipinski definition) is 1. The van der Waals surface area contributed by atoms with Gasteiger partial charge in [-0.1, -0.05) is 19.3 Å². The summed E-state index contributed by atoms with van der Waals surface area (Å²) in [5, 5.41) is 12.1. The third-order valence-corrected chi connectivity index (χ3v) is 3.43. The van der Waals surface area contributed by atoms with Crippen LogP contribution in [0.3, 0.4) is 0 Å². The van der Waals surface area contributed by atoms with Crippen molar-refractivity contribution in [2.45, 2.75) is 37.6 Å². The second-order valence-electron chi connectivity index (χ2n) is 4.32. The first-order chi connectivity index (χ1) is 8.17. The average molecular weight is 253 g/mol. The van der Waals surface area contributed by atoms with Gasteiger partial charge in [-0.15, -0.1) is 0 Å². The van der Waals surface area contributed by atoms with E-state index in [1.165, 1.54) is 12.3 Å². The third-order valence-electron chi connectivity index (χ3n) is 3.14. The maximum Gasteiger partial charge on any atom is 0.257 e. The average Bonchev–Trinajstić information content (AvgIpc) is 2.77. The van der Waals surface area contributed by atoms with Crippen LogP contribution in [0.15, 0.2) is 16.7 Å². The van der Waals surface area contributed by atoms with Crippen LogP contribution in [0, 0.1) is 11.3 Å². The number of furan rings is 1. The van der Waals surface area contributed by atoms with E-state index in [-0.39, 0.29) is 16.7 Å². The predicted octanol–water partition coefficient (Wildman–Crippen LogP) is 2.89. The maximum atomic E-state index is 12.0. The lowest BCUT2D eigenvalue weighted by Gasteiger charge is -2.31. The molecule has 0 radical (unpaired) electrons. The number of carbonyl (C=O) groups excluding carboxylic acids is 1. The number of carbonyl (C=O) groups is 1. The fourth-order valence-corrected chi connectivity index (χ4v) is 2.36. The zero-order valence-corrected chi connectivity index (χ0v) is 10.1. The van der Waals surface area contributed by atoms with Gasteiger partial charge in [0.05, 0.1) is 17.9 Å². The van der Waals surface area contributed by atoms with E-state index in [2.05, 4.69) is 11.4 Å². The molecule has 0 spiro atoms. The topological polar surface area (TPSA) is 66.0 Å². The first-order valence-corrected chi connectivity index (χ1v) is 6.01. The van der Waals surface area contributed by atoms with Crippen LogP contribution in [-0.4, -0.2) is 11.4 Å².